The minimum Gasteiger partial charge on any atom is -0.492 e. The van der Waals surface area contributed by atoms with Crippen LogP contribution in [0.25, 0.3) is 11.3 Å². The summed E-state index contributed by atoms with van der Waals surface area (Å²) in [5.41, 5.74) is 4.37. The Kier molecular flexibility index (Phi) is 8.37. The first-order chi connectivity index (χ1) is 20.1. The minimum atomic E-state index is -0.501. The lowest BCUT2D eigenvalue weighted by Crippen LogP contribution is -2.63. The summed E-state index contributed by atoms with van der Waals surface area (Å²) in [6.45, 7) is 5.78. The number of aromatic nitrogens is 2. The van der Waals surface area contributed by atoms with E-state index in [4.69, 9.17) is 4.74 Å². The van der Waals surface area contributed by atoms with Crippen LogP contribution in [0.3, 0.4) is 0 Å². The quantitative estimate of drug-likeness (QED) is 0.351. The fraction of sp³-hybridized carbons (Fsp3) is 0.424. The van der Waals surface area contributed by atoms with Crippen molar-refractivity contribution in [1.29, 1.82) is 0 Å². The van der Waals surface area contributed by atoms with Crippen molar-refractivity contribution in [1.82, 2.24) is 19.8 Å². The van der Waals surface area contributed by atoms with Crippen molar-refractivity contribution in [2.45, 2.75) is 52.0 Å². The lowest BCUT2D eigenvalue weighted by molar-refractivity contribution is -0.146. The Morgan fingerprint density at radius 1 is 1.29 bits per heavy atom. The third-order valence-corrected chi connectivity index (χ3v) is 8.00. The first kappa shape index (κ1) is 29.3. The topological polar surface area (TPSA) is 90.6 Å². The Balaban J connectivity index is 1.52. The predicted molar refractivity (Wildman–Crippen MR) is 161 cm³/mol. The molecule has 0 unspecified atom stereocenters. The Labute approximate surface area is 246 Å². The summed E-state index contributed by atoms with van der Waals surface area (Å²) in [7, 11) is 5.42. The second-order valence-corrected chi connectivity index (χ2v) is 12.0. The van der Waals surface area contributed by atoms with Crippen LogP contribution in [0.1, 0.15) is 61.1 Å². The molecule has 0 bridgehead atoms. The monoisotopic (exact) mass is 571 g/mol. The molecule has 3 aromatic rings. The zero-order valence-corrected chi connectivity index (χ0v) is 24.9. The molecule has 3 heterocycles. The number of likely N-dealkylation sites (tertiary alicyclic amines) is 1. The zero-order valence-electron chi connectivity index (χ0n) is 24.9. The lowest BCUT2D eigenvalue weighted by Gasteiger charge is -2.51. The molecule has 9 heteroatoms. The number of halogens is 1. The molecule has 1 aromatic carbocycles. The average molecular weight is 572 g/mol. The average Bonchev–Trinajstić information content (AvgIpc) is 3.31. The second-order valence-electron chi connectivity index (χ2n) is 12.0. The number of pyridine rings is 1. The number of rotatable bonds is 8. The Morgan fingerprint density at radius 2 is 2.10 bits per heavy atom. The van der Waals surface area contributed by atoms with E-state index in [-0.39, 0.29) is 28.9 Å². The van der Waals surface area contributed by atoms with E-state index >= 15 is 0 Å². The molecule has 1 atom stereocenters. The molecule has 2 aromatic heterocycles. The van der Waals surface area contributed by atoms with Gasteiger partial charge in [-0.3, -0.25) is 14.6 Å². The van der Waals surface area contributed by atoms with Gasteiger partial charge in [0.15, 0.2) is 17.3 Å². The number of hydrogen-bond donors (Lipinski definition) is 2. The lowest BCUT2D eigenvalue weighted by atomic mass is 9.75. The van der Waals surface area contributed by atoms with Gasteiger partial charge in [0, 0.05) is 48.5 Å². The first-order valence-electron chi connectivity index (χ1n) is 14.4. The van der Waals surface area contributed by atoms with Crippen LogP contribution in [0.2, 0.25) is 0 Å². The van der Waals surface area contributed by atoms with E-state index < -0.39 is 5.82 Å². The molecule has 8 nitrogen and oxygen atoms in total. The van der Waals surface area contributed by atoms with Gasteiger partial charge in [-0.25, -0.2) is 4.39 Å². The van der Waals surface area contributed by atoms with Crippen LogP contribution in [0, 0.1) is 23.1 Å². The van der Waals surface area contributed by atoms with Gasteiger partial charge in [-0.15, -0.1) is 0 Å². The molecular weight excluding hydrogens is 533 g/mol. The van der Waals surface area contributed by atoms with E-state index in [1.165, 1.54) is 13.2 Å². The number of anilines is 2. The smallest absolute Gasteiger partial charge is 0.223 e. The van der Waals surface area contributed by atoms with Gasteiger partial charge in [0.1, 0.15) is 6.04 Å². The highest BCUT2D eigenvalue weighted by molar-refractivity contribution is 6.07. The molecule has 5 rings (SSSR count). The number of benzene rings is 1. The van der Waals surface area contributed by atoms with Crippen LogP contribution < -0.4 is 10.1 Å². The fourth-order valence-electron chi connectivity index (χ4n) is 5.85. The molecule has 2 N–H and O–H groups in total. The van der Waals surface area contributed by atoms with E-state index in [9.17, 15) is 14.0 Å². The molecule has 0 saturated carbocycles. The number of amides is 1. The summed E-state index contributed by atoms with van der Waals surface area (Å²) >= 11 is 0. The van der Waals surface area contributed by atoms with Crippen molar-refractivity contribution in [2.24, 2.45) is 5.41 Å². The minimum absolute atomic E-state index is 0.0259. The molecule has 1 amide bonds. The van der Waals surface area contributed by atoms with E-state index in [0.29, 0.717) is 47.6 Å². The SMILES string of the molecule is COc1c(F)cccc1Nc1c(-c2ccncc2C#C[C@H]2N(C(=O)CCCN(C)C)CC2(C)C)[nH]c2c1C(=O)CCC2. The molecule has 220 valence electrons. The number of methoxy groups -OCH3 is 1. The first-order valence-corrected chi connectivity index (χ1v) is 14.4. The largest absolute Gasteiger partial charge is 0.492 e. The van der Waals surface area contributed by atoms with Crippen molar-refractivity contribution in [3.63, 3.8) is 0 Å². The predicted octanol–water partition coefficient (Wildman–Crippen LogP) is 5.42. The summed E-state index contributed by atoms with van der Waals surface area (Å²) in [4.78, 5) is 37.9. The highest BCUT2D eigenvalue weighted by Crippen LogP contribution is 2.42. The van der Waals surface area contributed by atoms with Crippen molar-refractivity contribution in [3.05, 3.63) is 59.3 Å². The summed E-state index contributed by atoms with van der Waals surface area (Å²) in [5, 5.41) is 3.30. The summed E-state index contributed by atoms with van der Waals surface area (Å²) in [5.74, 6) is 6.39. The van der Waals surface area contributed by atoms with Gasteiger partial charge < -0.3 is 24.8 Å². The molecule has 0 radical (unpaired) electrons. The van der Waals surface area contributed by atoms with Crippen molar-refractivity contribution >= 4 is 23.1 Å². The normalized spacial score (nSPS) is 17.3. The van der Waals surface area contributed by atoms with Gasteiger partial charge in [0.2, 0.25) is 5.91 Å². The van der Waals surface area contributed by atoms with E-state index in [1.807, 2.05) is 25.1 Å². The maximum absolute atomic E-state index is 14.6. The number of H-pyrrole nitrogens is 1. The van der Waals surface area contributed by atoms with Gasteiger partial charge in [-0.05, 0) is 58.1 Å². The Morgan fingerprint density at radius 3 is 2.83 bits per heavy atom. The second kappa shape index (κ2) is 12.0. The summed E-state index contributed by atoms with van der Waals surface area (Å²) in [6.07, 6.45) is 6.60. The van der Waals surface area contributed by atoms with Crippen LogP contribution in [0.15, 0.2) is 36.7 Å². The third kappa shape index (κ3) is 5.77. The van der Waals surface area contributed by atoms with Gasteiger partial charge in [-0.2, -0.15) is 0 Å². The van der Waals surface area contributed by atoms with Crippen molar-refractivity contribution < 1.29 is 18.7 Å². The Hall–Kier alpha value is -4.16. The number of aryl methyl sites for hydroxylation is 1. The van der Waals surface area contributed by atoms with Crippen molar-refractivity contribution in [3.8, 4) is 28.8 Å². The van der Waals surface area contributed by atoms with Crippen LogP contribution in [0.4, 0.5) is 15.8 Å². The molecule has 1 aliphatic heterocycles. The highest BCUT2D eigenvalue weighted by Gasteiger charge is 2.47. The molecule has 1 aliphatic carbocycles. The number of aromatic amines is 1. The number of nitrogens with one attached hydrogen (secondary N) is 2. The number of ketones is 1. The molecule has 1 fully saturated rings. The fourth-order valence-corrected chi connectivity index (χ4v) is 5.85. The van der Waals surface area contributed by atoms with E-state index in [1.54, 1.807) is 24.5 Å². The molecule has 2 aliphatic rings. The molecule has 1 saturated heterocycles. The van der Waals surface area contributed by atoms with Crippen LogP contribution in [0.5, 0.6) is 5.75 Å². The maximum Gasteiger partial charge on any atom is 0.223 e. The van der Waals surface area contributed by atoms with E-state index in [2.05, 4.69) is 45.9 Å². The summed E-state index contributed by atoms with van der Waals surface area (Å²) < 4.78 is 19.9. The summed E-state index contributed by atoms with van der Waals surface area (Å²) in [6, 6.07) is 6.28. The van der Waals surface area contributed by atoms with Gasteiger partial charge in [0.25, 0.3) is 0 Å². The van der Waals surface area contributed by atoms with Crippen LogP contribution in [-0.2, 0) is 11.2 Å². The van der Waals surface area contributed by atoms with Gasteiger partial charge in [0.05, 0.1) is 35.3 Å². The standard InChI is InChI=1S/C33H38FN5O3/c1-33(2)20-39(28(41)13-8-18-38(3)4)27(33)15-14-21-19-35-17-16-22(21)30-31(29-24(36-30)10-7-12-26(29)40)37-25-11-6-9-23(34)32(25)42-5/h6,9,11,16-17,19,27,36-37H,7-8,10,12-13,18,20H2,1-5H3/t27-/m1/s1. The Bertz CT molecular complexity index is 1570. The molecule has 0 spiro atoms. The maximum atomic E-state index is 14.6. The third-order valence-electron chi connectivity index (χ3n) is 8.00. The number of hydrogen-bond acceptors (Lipinski definition) is 6. The number of carbonyl (C=O) groups is 2. The number of fused-ring (bicyclic) bond motifs is 1. The zero-order chi connectivity index (χ0) is 30.0. The van der Waals surface area contributed by atoms with Crippen molar-refractivity contribution in [2.75, 3.05) is 39.6 Å². The van der Waals surface area contributed by atoms with Gasteiger partial charge in [-0.1, -0.05) is 31.8 Å². The number of nitrogens with zero attached hydrogens (tertiary/aromatic N) is 3. The van der Waals surface area contributed by atoms with Crippen LogP contribution >= 0.6 is 0 Å². The molecular formula is C33H38FN5O3. The van der Waals surface area contributed by atoms with Gasteiger partial charge >= 0.3 is 0 Å². The van der Waals surface area contributed by atoms with Crippen LogP contribution in [-0.4, -0.2) is 71.8 Å². The number of ether oxygens (including phenoxy) is 1. The number of para-hydroxylation sites is 1. The molecule has 42 heavy (non-hydrogen) atoms. The van der Waals surface area contributed by atoms with E-state index in [0.717, 1.165) is 37.1 Å². The highest BCUT2D eigenvalue weighted by atomic mass is 19.1. The number of carbonyl (C=O) groups excluding carboxylic acids is 2. The number of Topliss-reactive ketones (excluding diaryl/α,β-unsaturated/α-hetero) is 1.